The van der Waals surface area contributed by atoms with Crippen LogP contribution >= 0.6 is 11.8 Å². The molecule has 0 aliphatic heterocycles. The Morgan fingerprint density at radius 2 is 1.89 bits per heavy atom. The van der Waals surface area contributed by atoms with Crippen molar-refractivity contribution in [1.29, 1.82) is 0 Å². The van der Waals surface area contributed by atoms with Gasteiger partial charge in [-0.1, -0.05) is 18.2 Å². The molecule has 0 amide bonds. The molecular weight excluding hydrogens is 379 g/mol. The van der Waals surface area contributed by atoms with E-state index < -0.39 is 5.97 Å². The third kappa shape index (κ3) is 3.11. The van der Waals surface area contributed by atoms with Crippen molar-refractivity contribution in [3.8, 4) is 17.1 Å². The molecule has 4 aromatic rings. The number of halogens is 1. The summed E-state index contributed by atoms with van der Waals surface area (Å²) in [5.41, 5.74) is 2.09. The first-order valence-corrected chi connectivity index (χ1v) is 9.57. The molecule has 8 heteroatoms. The van der Waals surface area contributed by atoms with Crippen LogP contribution in [0.3, 0.4) is 0 Å². The van der Waals surface area contributed by atoms with Crippen LogP contribution in [-0.4, -0.2) is 39.1 Å². The van der Waals surface area contributed by atoms with Crippen LogP contribution in [0.4, 0.5) is 4.39 Å². The van der Waals surface area contributed by atoms with Gasteiger partial charge in [-0.3, -0.25) is 0 Å². The Morgan fingerprint density at radius 1 is 1.14 bits per heavy atom. The Morgan fingerprint density at radius 3 is 2.57 bits per heavy atom. The first kappa shape index (κ1) is 18.1. The summed E-state index contributed by atoms with van der Waals surface area (Å²) in [5.74, 6) is -0.445. The fourth-order valence-electron chi connectivity index (χ4n) is 2.90. The third-order valence-electron chi connectivity index (χ3n) is 4.27. The first-order chi connectivity index (χ1) is 13.6. The highest BCUT2D eigenvalue weighted by Gasteiger charge is 2.16. The summed E-state index contributed by atoms with van der Waals surface area (Å²) < 4.78 is 20.4. The predicted molar refractivity (Wildman–Crippen MR) is 105 cm³/mol. The lowest BCUT2D eigenvalue weighted by molar-refractivity contribution is 0.0601. The van der Waals surface area contributed by atoms with Crippen LogP contribution in [-0.2, 0) is 4.74 Å². The molecule has 28 heavy (non-hydrogen) atoms. The lowest BCUT2D eigenvalue weighted by Gasteiger charge is -2.05. The number of hydrogen-bond acceptors (Lipinski definition) is 6. The van der Waals surface area contributed by atoms with E-state index in [4.69, 9.17) is 4.74 Å². The highest BCUT2D eigenvalue weighted by molar-refractivity contribution is 7.98. The number of esters is 1. The summed E-state index contributed by atoms with van der Waals surface area (Å²) in [6.07, 6.45) is 5.02. The molecule has 2 aromatic carbocycles. The minimum atomic E-state index is -0.434. The highest BCUT2D eigenvalue weighted by atomic mass is 32.2. The minimum absolute atomic E-state index is 0.326. The van der Waals surface area contributed by atoms with Gasteiger partial charge in [0, 0.05) is 28.9 Å². The number of benzene rings is 2. The van der Waals surface area contributed by atoms with Gasteiger partial charge >= 0.3 is 5.97 Å². The molecule has 4 rings (SSSR count). The largest absolute Gasteiger partial charge is 0.465 e. The molecule has 2 aromatic heterocycles. The number of thioether (sulfide) groups is 1. The predicted octanol–water partition coefficient (Wildman–Crippen LogP) is 4.13. The maximum atomic E-state index is 14.0. The van der Waals surface area contributed by atoms with E-state index in [9.17, 15) is 9.18 Å². The van der Waals surface area contributed by atoms with E-state index in [1.54, 1.807) is 47.4 Å². The van der Waals surface area contributed by atoms with Gasteiger partial charge in [-0.15, -0.1) is 11.8 Å². The van der Waals surface area contributed by atoms with Crippen molar-refractivity contribution in [1.82, 2.24) is 19.7 Å². The minimum Gasteiger partial charge on any atom is -0.465 e. The van der Waals surface area contributed by atoms with E-state index >= 15 is 0 Å². The quantitative estimate of drug-likeness (QED) is 0.383. The molecule has 0 saturated carbocycles. The van der Waals surface area contributed by atoms with Crippen molar-refractivity contribution in [2.45, 2.75) is 5.03 Å². The summed E-state index contributed by atoms with van der Waals surface area (Å²) in [6, 6.07) is 11.7. The Labute approximate surface area is 164 Å². The van der Waals surface area contributed by atoms with E-state index in [1.165, 1.54) is 24.9 Å². The Bertz CT molecular complexity index is 1170. The zero-order valence-corrected chi connectivity index (χ0v) is 15.9. The van der Waals surface area contributed by atoms with E-state index in [-0.39, 0.29) is 5.82 Å². The molecule has 0 fully saturated rings. The van der Waals surface area contributed by atoms with Crippen molar-refractivity contribution in [3.63, 3.8) is 0 Å². The molecule has 0 aliphatic carbocycles. The molecule has 0 bridgehead atoms. The molecule has 0 radical (unpaired) electrons. The first-order valence-electron chi connectivity index (χ1n) is 8.35. The third-order valence-corrected chi connectivity index (χ3v) is 4.96. The summed E-state index contributed by atoms with van der Waals surface area (Å²) in [4.78, 5) is 20.6. The van der Waals surface area contributed by atoms with Crippen molar-refractivity contribution < 1.29 is 13.9 Å². The fraction of sp³-hybridized carbons (Fsp3) is 0.100. The Hall–Kier alpha value is -3.26. The molecular formula is C20H15FN4O2S. The van der Waals surface area contributed by atoms with Crippen molar-refractivity contribution >= 4 is 28.6 Å². The van der Waals surface area contributed by atoms with Gasteiger partial charge in [0.2, 0.25) is 0 Å². The van der Waals surface area contributed by atoms with Crippen LogP contribution in [0.25, 0.3) is 28.0 Å². The second-order valence-electron chi connectivity index (χ2n) is 5.90. The maximum absolute atomic E-state index is 14.0. The van der Waals surface area contributed by atoms with E-state index in [1.807, 2.05) is 12.3 Å². The molecule has 0 unspecified atom stereocenters. The molecule has 0 spiro atoms. The number of carbonyl (C=O) groups is 1. The molecule has 140 valence electrons. The molecule has 0 atom stereocenters. The molecule has 2 heterocycles. The van der Waals surface area contributed by atoms with Gasteiger partial charge < -0.3 is 4.74 Å². The van der Waals surface area contributed by atoms with Crippen molar-refractivity contribution in [2.24, 2.45) is 0 Å². The lowest BCUT2D eigenvalue weighted by Crippen LogP contribution is -2.04. The van der Waals surface area contributed by atoms with E-state index in [0.717, 1.165) is 10.4 Å². The van der Waals surface area contributed by atoms with Crippen LogP contribution in [0.15, 0.2) is 59.9 Å². The Balaban J connectivity index is 1.82. The smallest absolute Gasteiger partial charge is 0.337 e. The van der Waals surface area contributed by atoms with Crippen molar-refractivity contribution in [2.75, 3.05) is 13.4 Å². The van der Waals surface area contributed by atoms with Crippen LogP contribution in [0, 0.1) is 5.82 Å². The van der Waals surface area contributed by atoms with Gasteiger partial charge in [-0.05, 0) is 30.5 Å². The summed E-state index contributed by atoms with van der Waals surface area (Å²) >= 11 is 1.48. The average Bonchev–Trinajstić information content (AvgIpc) is 3.11. The zero-order chi connectivity index (χ0) is 19.7. The van der Waals surface area contributed by atoms with Crippen molar-refractivity contribution in [3.05, 3.63) is 66.2 Å². The van der Waals surface area contributed by atoms with Crippen LogP contribution < -0.4 is 0 Å². The van der Waals surface area contributed by atoms with Crippen LogP contribution in [0.2, 0.25) is 0 Å². The summed E-state index contributed by atoms with van der Waals surface area (Å²) in [6.45, 7) is 0. The second-order valence-corrected chi connectivity index (χ2v) is 6.69. The fourth-order valence-corrected chi connectivity index (χ4v) is 3.46. The monoisotopic (exact) mass is 394 g/mol. The topological polar surface area (TPSA) is 69.9 Å². The molecule has 0 saturated heterocycles. The van der Waals surface area contributed by atoms with Gasteiger partial charge in [0.05, 0.1) is 18.2 Å². The van der Waals surface area contributed by atoms with Gasteiger partial charge in [0.1, 0.15) is 10.8 Å². The van der Waals surface area contributed by atoms with Crippen LogP contribution in [0.1, 0.15) is 10.4 Å². The number of ether oxygens (including phenoxy) is 1. The van der Waals surface area contributed by atoms with Gasteiger partial charge in [-0.2, -0.15) is 9.78 Å². The zero-order valence-electron chi connectivity index (χ0n) is 15.1. The van der Waals surface area contributed by atoms with Gasteiger partial charge in [0.25, 0.3) is 5.95 Å². The molecule has 0 aliphatic rings. The second kappa shape index (κ2) is 7.40. The maximum Gasteiger partial charge on any atom is 0.337 e. The molecule has 0 N–H and O–H groups in total. The SMILES string of the molecule is COC(=O)c1ccc2c(SC)nn(-c3ncc(-c4ccccc4F)cn3)c2c1. The number of carbonyl (C=O) groups excluding carboxylic acids is 1. The number of methoxy groups -OCH3 is 1. The normalized spacial score (nSPS) is 11.0. The summed E-state index contributed by atoms with van der Waals surface area (Å²) in [5, 5.41) is 6.21. The number of aromatic nitrogens is 4. The average molecular weight is 394 g/mol. The van der Waals surface area contributed by atoms with E-state index in [2.05, 4.69) is 15.1 Å². The lowest BCUT2D eigenvalue weighted by atomic mass is 10.1. The number of hydrogen-bond donors (Lipinski definition) is 0. The summed E-state index contributed by atoms with van der Waals surface area (Å²) in [7, 11) is 1.34. The molecule has 6 nitrogen and oxygen atoms in total. The standard InChI is InChI=1S/C20H15FN4O2S/c1-27-19(26)12-7-8-15-17(9-12)25(24-18(15)28-2)20-22-10-13(11-23-20)14-5-3-4-6-16(14)21/h3-11H,1-2H3. The number of rotatable bonds is 4. The Kier molecular flexibility index (Phi) is 4.79. The van der Waals surface area contributed by atoms with Gasteiger partial charge in [-0.25, -0.2) is 19.2 Å². The van der Waals surface area contributed by atoms with Gasteiger partial charge in [0.15, 0.2) is 0 Å². The highest BCUT2D eigenvalue weighted by Crippen LogP contribution is 2.28. The number of fused-ring (bicyclic) bond motifs is 1. The van der Waals surface area contributed by atoms with Crippen LogP contribution in [0.5, 0.6) is 0 Å². The van der Waals surface area contributed by atoms with E-state index in [0.29, 0.717) is 28.2 Å². The number of nitrogens with zero attached hydrogens (tertiary/aromatic N) is 4.